The molecule has 128 valence electrons. The number of nitrogens with zero attached hydrogens (tertiary/aromatic N) is 2. The molecule has 2 aromatic rings. The normalized spacial score (nSPS) is 12.5. The van der Waals surface area contributed by atoms with Crippen molar-refractivity contribution in [3.63, 3.8) is 0 Å². The zero-order chi connectivity index (χ0) is 17.7. The summed E-state index contributed by atoms with van der Waals surface area (Å²) >= 11 is 0. The van der Waals surface area contributed by atoms with Gasteiger partial charge in [-0.2, -0.15) is 13.2 Å². The summed E-state index contributed by atoms with van der Waals surface area (Å²) in [5.74, 6) is -0.100. The standard InChI is InChI=1S/C16H17F3N4O/c1-3-10(2)20-15(24)13-7-8-14(23-22-13)21-12-6-4-5-11(9-12)16(17,18)19/h4-10H,3H2,1-2H3,(H,20,24)(H,21,23). The van der Waals surface area contributed by atoms with Gasteiger partial charge in [0, 0.05) is 11.7 Å². The molecule has 0 aliphatic rings. The van der Waals surface area contributed by atoms with Crippen LogP contribution in [0.4, 0.5) is 24.7 Å². The van der Waals surface area contributed by atoms with Gasteiger partial charge in [-0.25, -0.2) is 0 Å². The third-order valence-electron chi connectivity index (χ3n) is 3.35. The van der Waals surface area contributed by atoms with Crippen LogP contribution in [-0.4, -0.2) is 22.1 Å². The Hall–Kier alpha value is -2.64. The third-order valence-corrected chi connectivity index (χ3v) is 3.35. The number of benzene rings is 1. The highest BCUT2D eigenvalue weighted by Crippen LogP contribution is 2.31. The number of carbonyl (C=O) groups excluding carboxylic acids is 1. The molecule has 0 aliphatic carbocycles. The van der Waals surface area contributed by atoms with Gasteiger partial charge >= 0.3 is 6.18 Å². The van der Waals surface area contributed by atoms with Gasteiger partial charge in [0.1, 0.15) is 0 Å². The second kappa shape index (κ2) is 7.29. The van der Waals surface area contributed by atoms with Gasteiger partial charge < -0.3 is 10.6 Å². The first-order valence-corrected chi connectivity index (χ1v) is 7.38. The number of carbonyl (C=O) groups is 1. The first-order chi connectivity index (χ1) is 11.3. The minimum Gasteiger partial charge on any atom is -0.348 e. The molecule has 0 fully saturated rings. The van der Waals surface area contributed by atoms with Crippen molar-refractivity contribution in [3.05, 3.63) is 47.7 Å². The van der Waals surface area contributed by atoms with E-state index in [-0.39, 0.29) is 29.1 Å². The Labute approximate surface area is 137 Å². The SMILES string of the molecule is CCC(C)NC(=O)c1ccc(Nc2cccc(C(F)(F)F)c2)nn1. The molecular weight excluding hydrogens is 321 g/mol. The zero-order valence-electron chi connectivity index (χ0n) is 13.2. The second-order valence-electron chi connectivity index (χ2n) is 5.29. The number of nitrogens with one attached hydrogen (secondary N) is 2. The van der Waals surface area contributed by atoms with Crippen molar-refractivity contribution in [1.29, 1.82) is 0 Å². The van der Waals surface area contributed by atoms with Crippen molar-refractivity contribution in [2.24, 2.45) is 0 Å². The van der Waals surface area contributed by atoms with Gasteiger partial charge in [0.2, 0.25) is 0 Å². The predicted molar refractivity (Wildman–Crippen MR) is 84.0 cm³/mol. The van der Waals surface area contributed by atoms with Gasteiger partial charge in [-0.3, -0.25) is 4.79 Å². The Kier molecular flexibility index (Phi) is 5.38. The van der Waals surface area contributed by atoms with E-state index in [0.717, 1.165) is 18.6 Å². The van der Waals surface area contributed by atoms with E-state index in [2.05, 4.69) is 20.8 Å². The maximum absolute atomic E-state index is 12.7. The summed E-state index contributed by atoms with van der Waals surface area (Å²) in [4.78, 5) is 11.9. The third kappa shape index (κ3) is 4.68. The number of alkyl halides is 3. The van der Waals surface area contributed by atoms with Crippen molar-refractivity contribution in [3.8, 4) is 0 Å². The van der Waals surface area contributed by atoms with Crippen molar-refractivity contribution < 1.29 is 18.0 Å². The van der Waals surface area contributed by atoms with Gasteiger partial charge in [0.15, 0.2) is 11.5 Å². The van der Waals surface area contributed by atoms with E-state index in [4.69, 9.17) is 0 Å². The molecule has 0 aliphatic heterocycles. The molecule has 0 saturated carbocycles. The fourth-order valence-electron chi connectivity index (χ4n) is 1.84. The highest BCUT2D eigenvalue weighted by Gasteiger charge is 2.30. The molecule has 1 aromatic heterocycles. The van der Waals surface area contributed by atoms with E-state index >= 15 is 0 Å². The molecule has 1 aromatic carbocycles. The average molecular weight is 338 g/mol. The second-order valence-corrected chi connectivity index (χ2v) is 5.29. The van der Waals surface area contributed by atoms with Crippen LogP contribution in [0.5, 0.6) is 0 Å². The van der Waals surface area contributed by atoms with E-state index in [1.165, 1.54) is 24.3 Å². The maximum Gasteiger partial charge on any atom is 0.416 e. The smallest absolute Gasteiger partial charge is 0.348 e. The average Bonchev–Trinajstić information content (AvgIpc) is 2.54. The first kappa shape index (κ1) is 17.7. The Balaban J connectivity index is 2.08. The lowest BCUT2D eigenvalue weighted by Crippen LogP contribution is -2.32. The summed E-state index contributed by atoms with van der Waals surface area (Å²) in [6, 6.07) is 7.71. The molecular formula is C16H17F3N4O. The fraction of sp³-hybridized carbons (Fsp3) is 0.312. The molecule has 0 saturated heterocycles. The van der Waals surface area contributed by atoms with Crippen LogP contribution in [0.1, 0.15) is 36.3 Å². The molecule has 0 bridgehead atoms. The molecule has 24 heavy (non-hydrogen) atoms. The topological polar surface area (TPSA) is 66.9 Å². The van der Waals surface area contributed by atoms with Crippen molar-refractivity contribution in [1.82, 2.24) is 15.5 Å². The largest absolute Gasteiger partial charge is 0.416 e. The molecule has 1 heterocycles. The van der Waals surface area contributed by atoms with Crippen molar-refractivity contribution >= 4 is 17.4 Å². The number of halogens is 3. The minimum absolute atomic E-state index is 0.0159. The Morgan fingerprint density at radius 3 is 2.54 bits per heavy atom. The van der Waals surface area contributed by atoms with Crippen LogP contribution >= 0.6 is 0 Å². The molecule has 5 nitrogen and oxygen atoms in total. The van der Waals surface area contributed by atoms with E-state index in [1.54, 1.807) is 0 Å². The van der Waals surface area contributed by atoms with Crippen LogP contribution in [0.2, 0.25) is 0 Å². The number of hydrogen-bond donors (Lipinski definition) is 2. The summed E-state index contributed by atoms with van der Waals surface area (Å²) in [5, 5.41) is 13.1. The van der Waals surface area contributed by atoms with Gasteiger partial charge in [-0.15, -0.1) is 10.2 Å². The summed E-state index contributed by atoms with van der Waals surface area (Å²) in [7, 11) is 0. The Bertz CT molecular complexity index is 701. The Morgan fingerprint density at radius 2 is 1.96 bits per heavy atom. The van der Waals surface area contributed by atoms with Crippen LogP contribution in [-0.2, 0) is 6.18 Å². The zero-order valence-corrected chi connectivity index (χ0v) is 13.2. The summed E-state index contributed by atoms with van der Waals surface area (Å²) in [5.41, 5.74) is -0.383. The molecule has 1 atom stereocenters. The molecule has 8 heteroatoms. The lowest BCUT2D eigenvalue weighted by molar-refractivity contribution is -0.137. The minimum atomic E-state index is -4.42. The number of amides is 1. The molecule has 2 N–H and O–H groups in total. The summed E-state index contributed by atoms with van der Waals surface area (Å²) in [6.45, 7) is 3.81. The maximum atomic E-state index is 12.7. The van der Waals surface area contributed by atoms with Gasteiger partial charge in [-0.1, -0.05) is 13.0 Å². The molecule has 0 spiro atoms. The van der Waals surface area contributed by atoms with Crippen LogP contribution < -0.4 is 10.6 Å². The number of anilines is 2. The monoisotopic (exact) mass is 338 g/mol. The number of hydrogen-bond acceptors (Lipinski definition) is 4. The Morgan fingerprint density at radius 1 is 1.21 bits per heavy atom. The van der Waals surface area contributed by atoms with Crippen LogP contribution in [0.25, 0.3) is 0 Å². The quantitative estimate of drug-likeness (QED) is 0.871. The molecule has 0 radical (unpaired) electrons. The highest BCUT2D eigenvalue weighted by atomic mass is 19.4. The lowest BCUT2D eigenvalue weighted by atomic mass is 10.2. The van der Waals surface area contributed by atoms with Crippen LogP contribution in [0.3, 0.4) is 0 Å². The number of aromatic nitrogens is 2. The van der Waals surface area contributed by atoms with Gasteiger partial charge in [0.05, 0.1) is 5.56 Å². The number of rotatable bonds is 5. The predicted octanol–water partition coefficient (Wildman–Crippen LogP) is 3.77. The van der Waals surface area contributed by atoms with E-state index < -0.39 is 11.7 Å². The van der Waals surface area contributed by atoms with Gasteiger partial charge in [0.25, 0.3) is 5.91 Å². The molecule has 2 rings (SSSR count). The van der Waals surface area contributed by atoms with Crippen molar-refractivity contribution in [2.75, 3.05) is 5.32 Å². The van der Waals surface area contributed by atoms with Crippen LogP contribution in [0, 0.1) is 0 Å². The summed E-state index contributed by atoms with van der Waals surface area (Å²) in [6.07, 6.45) is -3.63. The van der Waals surface area contributed by atoms with Crippen LogP contribution in [0.15, 0.2) is 36.4 Å². The first-order valence-electron chi connectivity index (χ1n) is 7.38. The van der Waals surface area contributed by atoms with E-state index in [9.17, 15) is 18.0 Å². The molecule has 1 amide bonds. The summed E-state index contributed by atoms with van der Waals surface area (Å²) < 4.78 is 38.0. The lowest BCUT2D eigenvalue weighted by Gasteiger charge is -2.11. The molecule has 1 unspecified atom stereocenters. The van der Waals surface area contributed by atoms with E-state index in [1.807, 2.05) is 13.8 Å². The highest BCUT2D eigenvalue weighted by molar-refractivity contribution is 5.92. The van der Waals surface area contributed by atoms with Gasteiger partial charge in [-0.05, 0) is 43.7 Å². The van der Waals surface area contributed by atoms with E-state index in [0.29, 0.717) is 0 Å². The van der Waals surface area contributed by atoms with Crippen molar-refractivity contribution in [2.45, 2.75) is 32.5 Å². The fourth-order valence-corrected chi connectivity index (χ4v) is 1.84.